The molecule has 0 spiro atoms. The Balaban J connectivity index is 1.68. The number of carbonyl (C=O) groups excluding carboxylic acids is 3. The lowest BCUT2D eigenvalue weighted by atomic mass is 9.75. The van der Waals surface area contributed by atoms with Gasteiger partial charge in [-0.2, -0.15) is 0 Å². The smallest absolute Gasteiger partial charge is 0.331 e. The summed E-state index contributed by atoms with van der Waals surface area (Å²) in [5.41, 5.74) is 0.868. The molecule has 5 nitrogen and oxygen atoms in total. The fraction of sp³-hybridized carbons (Fsp3) is 0.389. The summed E-state index contributed by atoms with van der Waals surface area (Å²) in [7, 11) is 0. The van der Waals surface area contributed by atoms with Gasteiger partial charge in [0.05, 0.1) is 0 Å². The molecule has 1 fully saturated rings. The minimum atomic E-state index is -0.854. The molecule has 1 aliphatic heterocycles. The lowest BCUT2D eigenvalue weighted by molar-refractivity contribution is -0.161. The Morgan fingerprint density at radius 2 is 2.00 bits per heavy atom. The monoisotopic (exact) mass is 314 g/mol. The van der Waals surface area contributed by atoms with Crippen LogP contribution in [-0.2, 0) is 30.5 Å². The van der Waals surface area contributed by atoms with Gasteiger partial charge in [-0.3, -0.25) is 9.59 Å². The Bertz CT molecular complexity index is 634. The van der Waals surface area contributed by atoms with Crippen molar-refractivity contribution in [1.29, 1.82) is 0 Å². The fourth-order valence-electron chi connectivity index (χ4n) is 3.17. The Labute approximate surface area is 134 Å². The first-order valence-electron chi connectivity index (χ1n) is 7.77. The molecule has 1 heterocycles. The summed E-state index contributed by atoms with van der Waals surface area (Å²) >= 11 is 0. The van der Waals surface area contributed by atoms with Crippen molar-refractivity contribution in [2.45, 2.75) is 32.0 Å². The van der Waals surface area contributed by atoms with E-state index < -0.39 is 24.0 Å². The van der Waals surface area contributed by atoms with E-state index >= 15 is 0 Å². The van der Waals surface area contributed by atoms with Gasteiger partial charge in [-0.25, -0.2) is 4.79 Å². The molecule has 0 amide bonds. The molecule has 0 bridgehead atoms. The zero-order valence-electron chi connectivity index (χ0n) is 12.6. The van der Waals surface area contributed by atoms with Gasteiger partial charge in [-0.05, 0) is 24.5 Å². The quantitative estimate of drug-likeness (QED) is 0.629. The van der Waals surface area contributed by atoms with Crippen molar-refractivity contribution in [2.75, 3.05) is 0 Å². The van der Waals surface area contributed by atoms with Crippen molar-refractivity contribution in [3.63, 3.8) is 0 Å². The van der Waals surface area contributed by atoms with Crippen molar-refractivity contribution < 1.29 is 23.9 Å². The molecule has 1 unspecified atom stereocenters. The summed E-state index contributed by atoms with van der Waals surface area (Å²) in [6.07, 6.45) is 4.19. The van der Waals surface area contributed by atoms with Crippen molar-refractivity contribution in [2.24, 2.45) is 11.8 Å². The molecular weight excluding hydrogens is 296 g/mol. The van der Waals surface area contributed by atoms with Gasteiger partial charge in [0.1, 0.15) is 24.4 Å². The summed E-state index contributed by atoms with van der Waals surface area (Å²) < 4.78 is 10.5. The van der Waals surface area contributed by atoms with Crippen LogP contribution in [0.3, 0.4) is 0 Å². The Morgan fingerprint density at radius 3 is 2.70 bits per heavy atom. The van der Waals surface area contributed by atoms with E-state index in [0.717, 1.165) is 5.56 Å². The van der Waals surface area contributed by atoms with E-state index in [2.05, 4.69) is 0 Å². The lowest BCUT2D eigenvalue weighted by Gasteiger charge is -2.31. The lowest BCUT2D eigenvalue weighted by Crippen LogP contribution is -2.41. The number of hydrogen-bond donors (Lipinski definition) is 0. The topological polar surface area (TPSA) is 69.7 Å². The van der Waals surface area contributed by atoms with Gasteiger partial charge in [0.15, 0.2) is 0 Å². The average Bonchev–Trinajstić information content (AvgIpc) is 3.00. The van der Waals surface area contributed by atoms with Crippen molar-refractivity contribution in [3.8, 4) is 0 Å². The summed E-state index contributed by atoms with van der Waals surface area (Å²) in [4.78, 5) is 35.9. The van der Waals surface area contributed by atoms with E-state index in [1.54, 1.807) is 6.08 Å². The molecule has 5 heteroatoms. The number of hydrogen-bond acceptors (Lipinski definition) is 5. The number of Topliss-reactive ketones (excluding diaryl/α,β-unsaturated/α-hetero) is 1. The maximum absolute atomic E-state index is 12.4. The van der Waals surface area contributed by atoms with Crippen molar-refractivity contribution in [1.82, 2.24) is 0 Å². The number of cyclic esters (lactones) is 1. The number of ether oxygens (including phenoxy) is 2. The molecule has 1 aromatic rings. The third-order valence-corrected chi connectivity index (χ3v) is 4.31. The first kappa shape index (κ1) is 15.5. The zero-order chi connectivity index (χ0) is 16.2. The summed E-state index contributed by atoms with van der Waals surface area (Å²) in [5.74, 6) is -2.27. The van der Waals surface area contributed by atoms with Gasteiger partial charge in [-0.1, -0.05) is 30.3 Å². The highest BCUT2D eigenvalue weighted by molar-refractivity contribution is 6.00. The molecule has 120 valence electrons. The van der Waals surface area contributed by atoms with E-state index in [4.69, 9.17) is 9.47 Å². The molecule has 1 aromatic carbocycles. The first-order chi connectivity index (χ1) is 11.1. The van der Waals surface area contributed by atoms with Crippen LogP contribution >= 0.6 is 0 Å². The zero-order valence-corrected chi connectivity index (χ0v) is 12.6. The maximum atomic E-state index is 12.4. The van der Waals surface area contributed by atoms with Crippen molar-refractivity contribution in [3.05, 3.63) is 48.0 Å². The van der Waals surface area contributed by atoms with Gasteiger partial charge in [-0.15, -0.1) is 0 Å². The van der Waals surface area contributed by atoms with E-state index in [1.807, 2.05) is 30.3 Å². The number of benzene rings is 1. The number of rotatable bonds is 4. The highest BCUT2D eigenvalue weighted by atomic mass is 16.5. The van der Waals surface area contributed by atoms with Crippen LogP contribution in [0.2, 0.25) is 0 Å². The Morgan fingerprint density at radius 1 is 1.22 bits per heavy atom. The summed E-state index contributed by atoms with van der Waals surface area (Å²) in [6.45, 7) is 0.135. The van der Waals surface area contributed by atoms with Crippen LogP contribution in [-0.4, -0.2) is 23.8 Å². The predicted octanol–water partition coefficient (Wildman–Crippen LogP) is 2.20. The second-order valence-corrected chi connectivity index (χ2v) is 5.85. The average molecular weight is 314 g/mol. The van der Waals surface area contributed by atoms with Crippen LogP contribution in [0.4, 0.5) is 0 Å². The second-order valence-electron chi connectivity index (χ2n) is 5.85. The van der Waals surface area contributed by atoms with Gasteiger partial charge < -0.3 is 9.47 Å². The molecule has 0 aromatic heterocycles. The molecule has 0 saturated heterocycles. The molecule has 3 atom stereocenters. The van der Waals surface area contributed by atoms with Gasteiger partial charge >= 0.3 is 11.9 Å². The number of carbonyl (C=O) groups is 3. The summed E-state index contributed by atoms with van der Waals surface area (Å²) in [5, 5.41) is 0. The first-order valence-corrected chi connectivity index (χ1v) is 7.77. The number of ketones is 1. The van der Waals surface area contributed by atoms with E-state index in [9.17, 15) is 14.4 Å². The molecule has 3 rings (SSSR count). The van der Waals surface area contributed by atoms with Crippen LogP contribution in [0.15, 0.2) is 42.5 Å². The third kappa shape index (κ3) is 3.50. The molecule has 23 heavy (non-hydrogen) atoms. The minimum absolute atomic E-state index is 0.129. The summed E-state index contributed by atoms with van der Waals surface area (Å²) in [6, 6.07) is 9.32. The second kappa shape index (κ2) is 6.77. The SMILES string of the molecule is O=C1C=C[C@H]([C@H]2CCCC(=O)C2C(=O)OCc2ccccc2)O1. The molecule has 0 radical (unpaired) electrons. The molecular formula is C18H18O5. The largest absolute Gasteiger partial charge is 0.460 e. The van der Waals surface area contributed by atoms with Crippen LogP contribution in [0, 0.1) is 11.8 Å². The fourth-order valence-corrected chi connectivity index (χ4v) is 3.17. The standard InChI is InChI=1S/C18H18O5/c19-14-8-4-7-13(15-9-10-16(20)23-15)17(14)18(21)22-11-12-5-2-1-3-6-12/h1-3,5-6,9-10,13,15,17H,4,7-8,11H2/t13-,15-,17?/m1/s1. The van der Waals surface area contributed by atoms with Crippen molar-refractivity contribution >= 4 is 17.7 Å². The van der Waals surface area contributed by atoms with Gasteiger partial charge in [0.25, 0.3) is 0 Å². The van der Waals surface area contributed by atoms with Gasteiger partial charge in [0, 0.05) is 18.4 Å². The number of esters is 2. The predicted molar refractivity (Wildman–Crippen MR) is 81.1 cm³/mol. The minimum Gasteiger partial charge on any atom is -0.460 e. The van der Waals surface area contributed by atoms with E-state index in [-0.39, 0.29) is 18.3 Å². The highest BCUT2D eigenvalue weighted by Crippen LogP contribution is 2.34. The van der Waals surface area contributed by atoms with Crippen LogP contribution < -0.4 is 0 Å². The molecule has 0 N–H and O–H groups in total. The maximum Gasteiger partial charge on any atom is 0.331 e. The van der Waals surface area contributed by atoms with Crippen LogP contribution in [0.1, 0.15) is 24.8 Å². The molecule has 1 aliphatic carbocycles. The third-order valence-electron chi connectivity index (χ3n) is 4.31. The Kier molecular flexibility index (Phi) is 4.55. The van der Waals surface area contributed by atoms with Crippen LogP contribution in [0.25, 0.3) is 0 Å². The molecule has 2 aliphatic rings. The Hall–Kier alpha value is -2.43. The normalized spacial score (nSPS) is 26.9. The molecule has 1 saturated carbocycles. The highest BCUT2D eigenvalue weighted by Gasteiger charge is 2.44. The van der Waals surface area contributed by atoms with E-state index in [0.29, 0.717) is 19.3 Å². The van der Waals surface area contributed by atoms with Crippen LogP contribution in [0.5, 0.6) is 0 Å². The van der Waals surface area contributed by atoms with E-state index in [1.165, 1.54) is 6.08 Å². The van der Waals surface area contributed by atoms with Gasteiger partial charge in [0.2, 0.25) is 0 Å².